The van der Waals surface area contributed by atoms with Gasteiger partial charge in [0.15, 0.2) is 0 Å². The third-order valence-electron chi connectivity index (χ3n) is 12.3. The number of thiophene rings is 1. The fraction of sp³-hybridized carbons (Fsp3) is 0.265. The molecule has 53 heavy (non-hydrogen) atoms. The Bertz CT molecular complexity index is 2310. The van der Waals surface area contributed by atoms with Gasteiger partial charge in [0.25, 0.3) is 0 Å². The van der Waals surface area contributed by atoms with Crippen molar-refractivity contribution in [1.82, 2.24) is 0 Å². The summed E-state index contributed by atoms with van der Waals surface area (Å²) in [5.74, 6) is 0.506. The first-order valence-corrected chi connectivity index (χ1v) is 20.5. The monoisotopic (exact) mass is 709 g/mol. The first-order valence-electron chi connectivity index (χ1n) is 19.7. The average Bonchev–Trinajstić information content (AvgIpc) is 3.74. The standard InChI is InChI=1S/C49H47N3S/c1-34-14-13-21-38(30-34)50(35-15-5-2-6-16-35)40-25-28-48-44(32-40)45-33-41(26-29-49(45)53-48)51(36-17-7-3-8-18-36)39-24-27-47-43(31-39)42-22-11-12-23-46(42)52(47)37-19-9-4-10-20-37/h2-7,9-12,15-17,19-23,25-26,28-30,33,39-40,43,47H,8,13-14,18,24,27,31-32H2,1H3/t39-,40?,43?,47?/m0/s1. The van der Waals surface area contributed by atoms with Gasteiger partial charge in [-0.1, -0.05) is 84.5 Å². The van der Waals surface area contributed by atoms with E-state index in [0.717, 1.165) is 38.5 Å². The maximum absolute atomic E-state index is 2.77. The van der Waals surface area contributed by atoms with Crippen LogP contribution in [0.5, 0.6) is 0 Å². The molecule has 1 aromatic heterocycles. The van der Waals surface area contributed by atoms with Gasteiger partial charge in [0, 0.05) is 61.7 Å². The van der Waals surface area contributed by atoms with Crippen molar-refractivity contribution in [2.75, 3.05) is 14.7 Å². The highest BCUT2D eigenvalue weighted by Crippen LogP contribution is 2.52. The molecule has 0 bridgehead atoms. The molecular weight excluding hydrogens is 663 g/mol. The van der Waals surface area contributed by atoms with Crippen LogP contribution < -0.4 is 14.7 Å². The van der Waals surface area contributed by atoms with E-state index < -0.39 is 0 Å². The Morgan fingerprint density at radius 1 is 0.792 bits per heavy atom. The smallest absolute Gasteiger partial charge is 0.0566 e. The van der Waals surface area contributed by atoms with E-state index in [1.807, 2.05) is 11.3 Å². The van der Waals surface area contributed by atoms with Crippen LogP contribution in [-0.2, 0) is 6.42 Å². The van der Waals surface area contributed by atoms with E-state index in [1.54, 1.807) is 0 Å². The number of anilines is 4. The first kappa shape index (κ1) is 32.6. The topological polar surface area (TPSA) is 9.72 Å². The summed E-state index contributed by atoms with van der Waals surface area (Å²) < 4.78 is 1.40. The van der Waals surface area contributed by atoms with Crippen LogP contribution in [0, 0.1) is 0 Å². The molecule has 0 N–H and O–H groups in total. The molecule has 264 valence electrons. The highest BCUT2D eigenvalue weighted by molar-refractivity contribution is 7.20. The third-order valence-corrected chi connectivity index (χ3v) is 13.5. The molecule has 3 unspecified atom stereocenters. The summed E-state index contributed by atoms with van der Waals surface area (Å²) in [6, 6.07) is 39.9. The molecule has 1 fully saturated rings. The number of para-hydroxylation sites is 3. The minimum Gasteiger partial charge on any atom is -0.342 e. The summed E-state index contributed by atoms with van der Waals surface area (Å²) in [7, 11) is 0. The van der Waals surface area contributed by atoms with Crippen LogP contribution in [0.25, 0.3) is 16.2 Å². The molecule has 1 saturated carbocycles. The van der Waals surface area contributed by atoms with E-state index >= 15 is 0 Å². The largest absolute Gasteiger partial charge is 0.342 e. The Kier molecular flexibility index (Phi) is 8.44. The fourth-order valence-corrected chi connectivity index (χ4v) is 11.1. The highest BCUT2D eigenvalue weighted by Gasteiger charge is 2.44. The number of rotatable bonds is 7. The van der Waals surface area contributed by atoms with E-state index in [2.05, 4.69) is 167 Å². The Morgan fingerprint density at radius 2 is 1.62 bits per heavy atom. The summed E-state index contributed by atoms with van der Waals surface area (Å²) >= 11 is 1.96. The van der Waals surface area contributed by atoms with Crippen molar-refractivity contribution >= 4 is 50.2 Å². The van der Waals surface area contributed by atoms with Gasteiger partial charge in [-0.3, -0.25) is 0 Å². The molecule has 2 heterocycles. The van der Waals surface area contributed by atoms with Crippen molar-refractivity contribution in [3.8, 4) is 0 Å². The van der Waals surface area contributed by atoms with Crippen LogP contribution in [0.2, 0.25) is 0 Å². The molecule has 4 heteroatoms. The van der Waals surface area contributed by atoms with Crippen molar-refractivity contribution in [3.05, 3.63) is 173 Å². The van der Waals surface area contributed by atoms with Crippen LogP contribution in [0.3, 0.4) is 0 Å². The molecule has 0 saturated heterocycles. The zero-order valence-electron chi connectivity index (χ0n) is 30.6. The lowest BCUT2D eigenvalue weighted by Gasteiger charge is -2.43. The Labute approximate surface area is 318 Å². The SMILES string of the molecule is CC1=CC(N(c2ccccc2)C2C=Cc3sc4ccc(N(C5=CC=CCC5)[C@H]5CCC6C(C5)c5ccccc5N6c5ccccc5)cc4c3C2)=CCC1. The number of hydrogen-bond donors (Lipinski definition) is 0. The minimum absolute atomic E-state index is 0.257. The molecule has 3 nitrogen and oxygen atoms in total. The normalized spacial score (nSPS) is 23.1. The van der Waals surface area contributed by atoms with E-state index in [0.29, 0.717) is 18.0 Å². The van der Waals surface area contributed by atoms with Crippen LogP contribution in [0.1, 0.15) is 73.8 Å². The number of nitrogens with zero attached hydrogens (tertiary/aromatic N) is 3. The Morgan fingerprint density at radius 3 is 2.45 bits per heavy atom. The van der Waals surface area contributed by atoms with Crippen molar-refractivity contribution in [3.63, 3.8) is 0 Å². The highest BCUT2D eigenvalue weighted by atomic mass is 32.1. The van der Waals surface area contributed by atoms with Crippen molar-refractivity contribution < 1.29 is 0 Å². The summed E-state index contributed by atoms with van der Waals surface area (Å²) in [5.41, 5.74) is 12.6. The van der Waals surface area contributed by atoms with Crippen LogP contribution in [0.4, 0.5) is 22.7 Å². The zero-order valence-corrected chi connectivity index (χ0v) is 31.4. The third kappa shape index (κ3) is 5.88. The van der Waals surface area contributed by atoms with Gasteiger partial charge < -0.3 is 14.7 Å². The lowest BCUT2D eigenvalue weighted by Crippen LogP contribution is -2.44. The van der Waals surface area contributed by atoms with Gasteiger partial charge in [-0.25, -0.2) is 0 Å². The molecule has 10 rings (SSSR count). The quantitative estimate of drug-likeness (QED) is 0.167. The van der Waals surface area contributed by atoms with E-state index in [4.69, 9.17) is 0 Å². The summed E-state index contributed by atoms with van der Waals surface area (Å²) in [4.78, 5) is 9.42. The van der Waals surface area contributed by atoms with Gasteiger partial charge in [0.2, 0.25) is 0 Å². The van der Waals surface area contributed by atoms with E-state index in [1.165, 1.54) is 78.6 Å². The predicted molar refractivity (Wildman–Crippen MR) is 226 cm³/mol. The second-order valence-corrected chi connectivity index (χ2v) is 16.6. The van der Waals surface area contributed by atoms with Gasteiger partial charge in [0.1, 0.15) is 0 Å². The Balaban J connectivity index is 1.01. The number of fused-ring (bicyclic) bond motifs is 6. The van der Waals surface area contributed by atoms with E-state index in [9.17, 15) is 0 Å². The lowest BCUT2D eigenvalue weighted by molar-refractivity contribution is 0.352. The van der Waals surface area contributed by atoms with Crippen LogP contribution in [-0.4, -0.2) is 18.1 Å². The second kappa shape index (κ2) is 13.7. The maximum atomic E-state index is 2.77. The molecule has 4 atom stereocenters. The Hall–Kier alpha value is -5.06. The van der Waals surface area contributed by atoms with Crippen molar-refractivity contribution in [1.29, 1.82) is 0 Å². The number of hydrogen-bond acceptors (Lipinski definition) is 4. The maximum Gasteiger partial charge on any atom is 0.0566 e. The number of benzene rings is 4. The predicted octanol–water partition coefficient (Wildman–Crippen LogP) is 12.9. The number of allylic oxidation sites excluding steroid dienone is 7. The fourth-order valence-electron chi connectivity index (χ4n) is 9.95. The molecule has 4 aliphatic carbocycles. The van der Waals surface area contributed by atoms with Gasteiger partial charge in [0.05, 0.1) is 6.04 Å². The second-order valence-electron chi connectivity index (χ2n) is 15.5. The summed E-state index contributed by atoms with van der Waals surface area (Å²) in [5, 5.41) is 1.43. The van der Waals surface area contributed by atoms with Crippen molar-refractivity contribution in [2.24, 2.45) is 0 Å². The van der Waals surface area contributed by atoms with Gasteiger partial charge in [-0.05, 0) is 142 Å². The molecule has 1 aliphatic heterocycles. The van der Waals surface area contributed by atoms with Crippen molar-refractivity contribution in [2.45, 2.75) is 82.3 Å². The molecule has 0 spiro atoms. The molecule has 5 aromatic rings. The molecule has 5 aliphatic rings. The minimum atomic E-state index is 0.257. The van der Waals surface area contributed by atoms with Gasteiger partial charge in [-0.2, -0.15) is 0 Å². The molecule has 0 radical (unpaired) electrons. The van der Waals surface area contributed by atoms with Crippen LogP contribution in [0.15, 0.2) is 157 Å². The lowest BCUT2D eigenvalue weighted by atomic mass is 9.78. The zero-order chi connectivity index (χ0) is 35.3. The average molecular weight is 710 g/mol. The first-order chi connectivity index (χ1) is 26.2. The summed E-state index contributed by atoms with van der Waals surface area (Å²) in [6.07, 6.45) is 25.7. The van der Waals surface area contributed by atoms with E-state index in [-0.39, 0.29) is 6.04 Å². The summed E-state index contributed by atoms with van der Waals surface area (Å²) in [6.45, 7) is 2.28. The molecular formula is C49H47N3S. The van der Waals surface area contributed by atoms with Gasteiger partial charge in [-0.15, -0.1) is 11.3 Å². The molecule has 4 aromatic carbocycles. The van der Waals surface area contributed by atoms with Crippen LogP contribution >= 0.6 is 11.3 Å². The molecule has 0 amide bonds. The van der Waals surface area contributed by atoms with Gasteiger partial charge >= 0.3 is 0 Å².